The Morgan fingerprint density at radius 2 is 0.482 bits per heavy atom. The number of benzene rings is 5. The van der Waals surface area contributed by atoms with Gasteiger partial charge in [0.25, 0.3) is 0 Å². The minimum atomic E-state index is -1.72. The van der Waals surface area contributed by atoms with E-state index in [4.69, 9.17) is 56.8 Å². The lowest BCUT2D eigenvalue weighted by molar-refractivity contribution is -0.256. The molecule has 0 aliphatic heterocycles. The number of alkyl halides is 12. The van der Waals surface area contributed by atoms with Crippen LogP contribution < -0.4 is 82.4 Å². The van der Waals surface area contributed by atoms with E-state index in [0.29, 0.717) is 0 Å². The third-order valence-corrected chi connectivity index (χ3v) is 18.3. The van der Waals surface area contributed by atoms with Gasteiger partial charge in [0.1, 0.15) is 95.5 Å². The molecule has 5 unspecified atom stereocenters. The summed E-state index contributed by atoms with van der Waals surface area (Å²) in [7, 11) is 0. The molecule has 0 radical (unpaired) electrons. The number of carboxylic acid groups (broad SMARTS) is 5. The first-order valence-corrected chi connectivity index (χ1v) is 46.6. The number of hydrogen-bond acceptors (Lipinski definition) is 34. The van der Waals surface area contributed by atoms with Gasteiger partial charge in [-0.25, -0.2) is 0 Å². The Balaban J connectivity index is 0.000000716. The number of ether oxygens (including phenoxy) is 12. The van der Waals surface area contributed by atoms with Gasteiger partial charge in [0.15, 0.2) is 0 Å². The van der Waals surface area contributed by atoms with E-state index >= 15 is 0 Å². The van der Waals surface area contributed by atoms with Crippen LogP contribution in [-0.4, -0.2) is 150 Å². The van der Waals surface area contributed by atoms with Gasteiger partial charge in [-0.05, 0) is 98.7 Å². The van der Waals surface area contributed by atoms with Crippen LogP contribution in [0.5, 0.6) is 69.0 Å². The van der Waals surface area contributed by atoms with Crippen LogP contribution in [0.15, 0.2) is 78.9 Å². The van der Waals surface area contributed by atoms with Crippen molar-refractivity contribution in [1.29, 1.82) is 0 Å². The second-order valence-corrected chi connectivity index (χ2v) is 40.5. The molecule has 0 aromatic heterocycles. The van der Waals surface area contributed by atoms with E-state index in [1.54, 1.807) is 198 Å². The number of hydrogen-bond donors (Lipinski definition) is 0. The Morgan fingerprint density at radius 3 is 0.763 bits per heavy atom. The highest BCUT2D eigenvalue weighted by molar-refractivity contribution is 14.1. The van der Waals surface area contributed by atoms with Gasteiger partial charge in [0.2, 0.25) is 0 Å². The number of carbonyl (C=O) groups is 17. The van der Waals surface area contributed by atoms with Crippen molar-refractivity contribution in [1.82, 2.24) is 0 Å². The third kappa shape index (κ3) is 39.4. The van der Waals surface area contributed by atoms with E-state index in [2.05, 4.69) is 0 Å². The molecule has 0 bridgehead atoms. The maximum absolute atomic E-state index is 11.9. The maximum Gasteiger partial charge on any atom is 0.326 e. The van der Waals surface area contributed by atoms with Gasteiger partial charge >= 0.3 is 71.6 Å². The first-order chi connectivity index (χ1) is 52.8. The quantitative estimate of drug-likeness (QED) is 0.0190. The second kappa shape index (κ2) is 52.8. The number of carboxylic acids is 5. The van der Waals surface area contributed by atoms with Crippen molar-refractivity contribution in [2.45, 2.75) is 88.8 Å². The van der Waals surface area contributed by atoms with Crippen LogP contribution in [0.4, 0.5) is 0 Å². The molecule has 5 aromatic rings. The topological polar surface area (TPSA) is 516 Å². The summed E-state index contributed by atoms with van der Waals surface area (Å²) in [5, 5.41) is 55.9. The average Bonchev–Trinajstić information content (AvgIpc) is 0.819. The number of halogens is 12. The van der Waals surface area contributed by atoms with Crippen molar-refractivity contribution < 1.29 is 164 Å². The third-order valence-electron chi connectivity index (χ3n) is 11.8. The number of esters is 12. The fourth-order valence-corrected chi connectivity index (χ4v) is 8.25. The highest BCUT2D eigenvalue weighted by Gasteiger charge is 2.31. The lowest BCUT2D eigenvalue weighted by Gasteiger charge is -2.19. The van der Waals surface area contributed by atoms with Gasteiger partial charge in [-0.2, -0.15) is 0 Å². The normalized spacial score (nSPS) is 11.8. The summed E-state index contributed by atoms with van der Waals surface area (Å²) < 4.78 is 56.2. The molecule has 0 fully saturated rings. The first kappa shape index (κ1) is 108. The molecular formula is C68H55I12O34-5. The fourth-order valence-electron chi connectivity index (χ4n) is 6.61. The van der Waals surface area contributed by atoms with Gasteiger partial charge in [-0.15, -0.1) is 0 Å². The highest BCUT2D eigenvalue weighted by Crippen LogP contribution is 2.38. The number of carbonyl (C=O) groups excluding carboxylic acids is 17. The Hall–Kier alpha value is -4.15. The summed E-state index contributed by atoms with van der Waals surface area (Å²) >= 11 is 21.8. The van der Waals surface area contributed by atoms with E-state index < -0.39 is 158 Å². The van der Waals surface area contributed by atoms with Crippen LogP contribution in [0.2, 0.25) is 0 Å². The molecular weight excluding hydrogens is 2880 g/mol. The summed E-state index contributed by atoms with van der Waals surface area (Å²) in [6.07, 6.45) is 0. The lowest BCUT2D eigenvalue weighted by Crippen LogP contribution is -2.31. The zero-order valence-corrected chi connectivity index (χ0v) is 85.2. The zero-order valence-electron chi connectivity index (χ0n) is 59.3. The fraction of sp³-hybridized carbons (Fsp3) is 0.309. The highest BCUT2D eigenvalue weighted by atomic mass is 127. The Labute approximate surface area is 811 Å². The van der Waals surface area contributed by atoms with E-state index in [9.17, 15) is 107 Å². The predicted octanol–water partition coefficient (Wildman–Crippen LogP) is 7.84. The molecule has 34 nitrogen and oxygen atoms in total. The molecule has 0 N–H and O–H groups in total. The predicted molar refractivity (Wildman–Crippen MR) is 490 cm³/mol. The van der Waals surface area contributed by atoms with Crippen LogP contribution >= 0.6 is 271 Å². The summed E-state index contributed by atoms with van der Waals surface area (Å²) in [6.45, 7) is 14.5. The maximum atomic E-state index is 11.9. The first-order valence-electron chi connectivity index (χ1n) is 30.6. The minimum absolute atomic E-state index is 0.0335. The van der Waals surface area contributed by atoms with Gasteiger partial charge in [0, 0.05) is 59.2 Å². The molecule has 0 saturated carbocycles. The van der Waals surface area contributed by atoms with Crippen LogP contribution in [0, 0.1) is 0 Å². The van der Waals surface area contributed by atoms with Gasteiger partial charge in [-0.3, -0.25) is 57.5 Å². The SMILES string of the molecule is CC(C)(I)C(=O)Oc1ccc(C(=O)[O-])c(OC(=O)C(C)(C)I)c1.CC(I)C(=O)Oc1cc(OC(=O)C(C)I)c(C(=O)[O-])c(OC(=O)C(C)I)c1.CC(I)C(=O)Oc1ccc(C(=O)[O-])c(OC(=O)C(C)I)c1.O=C(CI)Oc1cc(OC(=O)CI)c(C(=O)[O-])c(OC(=O)CI)c1.O=C(CI)Oc1ccc(C(=O)[O-])c(OC(=O)CI)c1. The number of aromatic carboxylic acids is 5. The lowest BCUT2D eigenvalue weighted by atomic mass is 10.1. The minimum Gasteiger partial charge on any atom is -0.545 e. The zero-order chi connectivity index (χ0) is 87.7. The van der Waals surface area contributed by atoms with Gasteiger partial charge in [-0.1, -0.05) is 271 Å². The summed E-state index contributed by atoms with van der Waals surface area (Å²) in [5.74, 6) is -17.8. The molecule has 0 aliphatic carbocycles. The van der Waals surface area contributed by atoms with Gasteiger partial charge < -0.3 is 106 Å². The van der Waals surface area contributed by atoms with Crippen molar-refractivity contribution >= 4 is 373 Å². The van der Waals surface area contributed by atoms with Crippen molar-refractivity contribution in [3.63, 3.8) is 0 Å². The molecule has 0 spiro atoms. The van der Waals surface area contributed by atoms with Crippen LogP contribution in [0.1, 0.15) is 114 Å². The van der Waals surface area contributed by atoms with E-state index in [0.717, 1.165) is 36.4 Å². The molecule has 0 heterocycles. The molecule has 0 saturated heterocycles. The molecule has 5 aromatic carbocycles. The van der Waals surface area contributed by atoms with Gasteiger partial charge in [0.05, 0.1) is 63.1 Å². The molecule has 620 valence electrons. The molecule has 5 atom stereocenters. The van der Waals surface area contributed by atoms with Crippen LogP contribution in [0.3, 0.4) is 0 Å². The average molecular weight is 2940 g/mol. The van der Waals surface area contributed by atoms with Crippen molar-refractivity contribution in [2.24, 2.45) is 0 Å². The Morgan fingerprint density at radius 1 is 0.281 bits per heavy atom. The van der Waals surface area contributed by atoms with Crippen molar-refractivity contribution in [3.05, 3.63) is 107 Å². The Bertz CT molecular complexity index is 4350. The van der Waals surface area contributed by atoms with E-state index in [1.165, 1.54) is 42.5 Å². The van der Waals surface area contributed by atoms with Crippen molar-refractivity contribution in [2.75, 3.05) is 22.1 Å². The smallest absolute Gasteiger partial charge is 0.326 e. The van der Waals surface area contributed by atoms with Crippen LogP contribution in [0.25, 0.3) is 0 Å². The largest absolute Gasteiger partial charge is 0.545 e. The molecule has 0 aliphatic rings. The Kier molecular flexibility index (Phi) is 50.0. The molecule has 46 heteroatoms. The molecule has 0 amide bonds. The molecule has 114 heavy (non-hydrogen) atoms. The summed E-state index contributed by atoms with van der Waals surface area (Å²) in [4.78, 5) is 195. The number of rotatable bonds is 29. The summed E-state index contributed by atoms with van der Waals surface area (Å²) in [5.41, 5.74) is -2.13. The second-order valence-electron chi connectivity index (χ2n) is 21.9. The summed E-state index contributed by atoms with van der Waals surface area (Å²) in [6, 6.07) is 15.1. The monoisotopic (exact) mass is 2940 g/mol. The van der Waals surface area contributed by atoms with E-state index in [1.807, 2.05) is 136 Å². The standard InChI is InChI=1S/C16H15I3O8.C15H16I2O6.C13H9I3O8.C13H12I2O6.C11H8I2O6/c1-6(17)14(22)25-9-4-10(26-15(23)7(2)18)12(13(20)21)11(5-9)27-16(24)8(3)19;1-14(2,16)12(20)22-8-5-6-9(11(18)19)10(7-8)23-13(21)15(3,4)17;14-3-9(17)22-6-1-7(23-10(18)4-15)12(13(20)21)8(2-6)24-11(19)5-16;1-6(14)12(18)20-8-3-4-9(11(16)17)10(5-8)21-13(19)7(2)15;12-4-9(14)18-6-1-2-7(11(16)17)8(3-6)19-10(15)5-13/h4-8H,1-3H3,(H,20,21);5-7H,1-4H3,(H,18,19);1-2H,3-5H2,(H,20,21);3-7H,1-2H3,(H,16,17);1-3H,4-5H2,(H,16,17)/p-5. The molecule has 5 rings (SSSR count). The van der Waals surface area contributed by atoms with E-state index in [-0.39, 0.29) is 88.7 Å². The van der Waals surface area contributed by atoms with Crippen LogP contribution in [-0.2, 0) is 57.5 Å². The van der Waals surface area contributed by atoms with Crippen molar-refractivity contribution in [3.8, 4) is 69.0 Å².